The van der Waals surface area contributed by atoms with Gasteiger partial charge in [-0.05, 0) is 233 Å². The predicted octanol–water partition coefficient (Wildman–Crippen LogP) is 18.5. The van der Waals surface area contributed by atoms with Crippen molar-refractivity contribution in [3.05, 3.63) is 353 Å². The zero-order valence-corrected chi connectivity index (χ0v) is 67.8. The number of hydrogen-bond donors (Lipinski definition) is 3. The molecule has 3 N–H and O–H groups in total. The van der Waals surface area contributed by atoms with Crippen LogP contribution in [0, 0.1) is 0 Å². The van der Waals surface area contributed by atoms with Gasteiger partial charge in [0.25, 0.3) is 11.8 Å². The molecule has 0 spiro atoms. The maximum Gasteiger partial charge on any atom is 0.408 e. The van der Waals surface area contributed by atoms with Crippen molar-refractivity contribution in [1.29, 1.82) is 0 Å². The molecule has 0 radical (unpaired) electrons. The predicted molar refractivity (Wildman–Crippen MR) is 455 cm³/mol. The van der Waals surface area contributed by atoms with Gasteiger partial charge >= 0.3 is 18.0 Å². The third-order valence-electron chi connectivity index (χ3n) is 22.8. The van der Waals surface area contributed by atoms with Gasteiger partial charge in [-0.2, -0.15) is 0 Å². The fraction of sp³-hybridized carbons (Fsp3) is 0.247. The van der Waals surface area contributed by atoms with Gasteiger partial charge in [0.1, 0.15) is 29.7 Å². The van der Waals surface area contributed by atoms with Crippen molar-refractivity contribution in [2.75, 3.05) is 54.6 Å². The number of aromatic nitrogens is 2. The highest BCUT2D eigenvalue weighted by molar-refractivity contribution is 6.31. The van der Waals surface area contributed by atoms with Gasteiger partial charge in [0, 0.05) is 81.8 Å². The number of halogens is 2. The molecular formula is C97H91Cl2N7O11. The van der Waals surface area contributed by atoms with Crippen LogP contribution in [0.2, 0.25) is 10.0 Å². The summed E-state index contributed by atoms with van der Waals surface area (Å²) in [5.41, 5.74) is 24.2. The van der Waals surface area contributed by atoms with E-state index in [0.29, 0.717) is 52.8 Å². The number of benzene rings is 9. The molecule has 117 heavy (non-hydrogen) atoms. The maximum absolute atomic E-state index is 13.6. The second-order valence-corrected chi connectivity index (χ2v) is 31.7. The number of alkyl carbamates (subject to hydrolysis) is 1. The third kappa shape index (κ3) is 16.9. The fourth-order valence-electron chi connectivity index (χ4n) is 17.6. The normalized spacial score (nSPS) is 17.9. The summed E-state index contributed by atoms with van der Waals surface area (Å²) in [6, 6.07) is 74.2. The minimum atomic E-state index is -0.604. The van der Waals surface area contributed by atoms with Crippen molar-refractivity contribution in [3.8, 4) is 11.5 Å². The van der Waals surface area contributed by atoms with Gasteiger partial charge in [-0.1, -0.05) is 169 Å². The molecule has 0 saturated heterocycles. The number of amides is 4. The van der Waals surface area contributed by atoms with Crippen LogP contribution in [0.5, 0.6) is 11.5 Å². The quantitative estimate of drug-likeness (QED) is 0.0768. The van der Waals surface area contributed by atoms with E-state index in [1.54, 1.807) is 95.9 Å². The molecule has 9 aromatic carbocycles. The first-order chi connectivity index (χ1) is 56.8. The molecule has 5 atom stereocenters. The summed E-state index contributed by atoms with van der Waals surface area (Å²) < 4.78 is 26.0. The summed E-state index contributed by atoms with van der Waals surface area (Å²) in [5.74, 6) is 0.824. The largest absolute Gasteiger partial charge is 0.497 e. The zero-order valence-electron chi connectivity index (χ0n) is 66.3. The number of nitrogens with one attached hydrogen (secondary N) is 3. The Balaban J connectivity index is 0.000000123. The number of nitrogens with zero attached hydrogens (tertiary/aromatic N) is 4. The number of carbonyl (C=O) groups excluding carboxylic acids is 6. The Kier molecular flexibility index (Phi) is 23.9. The summed E-state index contributed by atoms with van der Waals surface area (Å²) >= 11 is 12.3. The van der Waals surface area contributed by atoms with Crippen LogP contribution in [-0.4, -0.2) is 127 Å². The van der Waals surface area contributed by atoms with Crippen molar-refractivity contribution in [3.63, 3.8) is 0 Å². The first kappa shape index (κ1) is 79.9. The second-order valence-electron chi connectivity index (χ2n) is 30.8. The van der Waals surface area contributed by atoms with Crippen LogP contribution >= 0.6 is 23.2 Å². The molecule has 7 aliphatic rings. The first-order valence-electron chi connectivity index (χ1n) is 39.4. The summed E-state index contributed by atoms with van der Waals surface area (Å²) in [5, 5.41) is 8.30. The van der Waals surface area contributed by atoms with Crippen LogP contribution in [0.3, 0.4) is 0 Å². The Labute approximate surface area is 691 Å². The van der Waals surface area contributed by atoms with Crippen LogP contribution in [-0.2, 0) is 49.5 Å². The lowest BCUT2D eigenvalue weighted by Gasteiger charge is -2.38. The van der Waals surface area contributed by atoms with E-state index >= 15 is 0 Å². The van der Waals surface area contributed by atoms with Gasteiger partial charge in [0.2, 0.25) is 5.91 Å². The van der Waals surface area contributed by atoms with Crippen LogP contribution in [0.15, 0.2) is 260 Å². The van der Waals surface area contributed by atoms with Crippen molar-refractivity contribution in [2.24, 2.45) is 0 Å². The molecular weight excluding hydrogens is 1510 g/mol. The maximum atomic E-state index is 13.6. The number of para-hydroxylation sites is 2. The fourth-order valence-corrected chi connectivity index (χ4v) is 18.0. The summed E-state index contributed by atoms with van der Waals surface area (Å²) in [4.78, 5) is 89.9. The number of rotatable bonds is 12. The number of fused-ring (bicyclic) bond motifs is 9. The number of ether oxygens (including phenoxy) is 5. The Hall–Kier alpha value is -12.4. The molecule has 4 aliphatic heterocycles. The van der Waals surface area contributed by atoms with E-state index < -0.39 is 11.7 Å². The minimum Gasteiger partial charge on any atom is -0.497 e. The van der Waals surface area contributed by atoms with E-state index in [9.17, 15) is 28.8 Å². The lowest BCUT2D eigenvalue weighted by Crippen LogP contribution is -2.45. The van der Waals surface area contributed by atoms with E-state index in [-0.39, 0.29) is 66.4 Å². The van der Waals surface area contributed by atoms with Gasteiger partial charge in [0.05, 0.1) is 58.2 Å². The Morgan fingerprint density at radius 2 is 1.00 bits per heavy atom. The van der Waals surface area contributed by atoms with Crippen LogP contribution < -0.4 is 20.1 Å². The lowest BCUT2D eigenvalue weighted by molar-refractivity contribution is -0.143. The molecule has 594 valence electrons. The molecule has 2 aromatic heterocycles. The highest BCUT2D eigenvalue weighted by Crippen LogP contribution is 2.51. The first-order valence-corrected chi connectivity index (χ1v) is 40.1. The highest BCUT2D eigenvalue weighted by atomic mass is 35.5. The molecule has 5 unspecified atom stereocenters. The van der Waals surface area contributed by atoms with Crippen LogP contribution in [0.4, 0.5) is 4.79 Å². The number of H-pyrrole nitrogens is 1. The van der Waals surface area contributed by atoms with Crippen molar-refractivity contribution < 1.29 is 52.5 Å². The van der Waals surface area contributed by atoms with Crippen LogP contribution in [0.1, 0.15) is 162 Å². The number of carbonyl (C=O) groups is 6. The van der Waals surface area contributed by atoms with Crippen molar-refractivity contribution in [2.45, 2.75) is 102 Å². The number of methoxy groups -OCH3 is 4. The number of pyridine rings is 1. The summed E-state index contributed by atoms with van der Waals surface area (Å²) in [7, 11) is 6.13. The van der Waals surface area contributed by atoms with Gasteiger partial charge in [-0.15, -0.1) is 0 Å². The Morgan fingerprint density at radius 3 is 1.54 bits per heavy atom. The molecule has 3 aliphatic carbocycles. The third-order valence-corrected chi connectivity index (χ3v) is 23.3. The van der Waals surface area contributed by atoms with E-state index in [1.165, 1.54) is 86.6 Å². The average molecular weight is 1600 g/mol. The van der Waals surface area contributed by atoms with Gasteiger partial charge in [-0.25, -0.2) is 9.59 Å². The Morgan fingerprint density at radius 1 is 0.504 bits per heavy atom. The molecule has 0 bridgehead atoms. The topological polar surface area (TPSA) is 211 Å². The van der Waals surface area contributed by atoms with Gasteiger partial charge in [-0.3, -0.25) is 29.5 Å². The molecule has 0 saturated carbocycles. The summed E-state index contributed by atoms with van der Waals surface area (Å²) in [6.45, 7) is 7.17. The lowest BCUT2D eigenvalue weighted by atomic mass is 9.87. The van der Waals surface area contributed by atoms with Crippen molar-refractivity contribution in [1.82, 2.24) is 35.3 Å². The summed E-state index contributed by atoms with van der Waals surface area (Å²) in [6.07, 6.45) is 8.52. The molecule has 20 heteroatoms. The van der Waals surface area contributed by atoms with E-state index in [0.717, 1.165) is 88.9 Å². The van der Waals surface area contributed by atoms with E-state index in [1.807, 2.05) is 106 Å². The molecule has 4 amide bonds. The van der Waals surface area contributed by atoms with E-state index in [2.05, 4.69) is 112 Å². The molecule has 11 aromatic rings. The number of esters is 2. The standard InChI is InChI=1S/C27H22ClNO3.C26H22ClNO2.C24H27N3O3.C20H20N2O3/c1-32-27(31)18-11-9-17(10-12-18)25-24-16-19-5-2-3-8-22(19)23(24)13-14-29(25)26(30)20-6-4-7-21(28)15-20;1-30-24-12-5-4-11-22(24)25-23-16-17-7-2-3-10-20(17)21(23)13-14-28(25)26(29)18-8-6-9-19(27)15-18;1-24(2,3)30-23(29)26-15-21(28)27-13-10-19-18-7-5-4-6-17(18)14-20(19)22(27)16-8-11-25-12-9-16;1-24-13-9-7-12(8-10-13)18-19-15(11-17(22-18)20(23)25-2)14-5-3-4-6-16(14)21-19/h2-12,15,25H,13-14,16H2,1H3;2-12,15,25H,13-14,16H2,1H3;4-9,11-12,22H,10,13-15H2,1-3H3,(H,26,29);3-10,17-18,21-22H,11H2,1-2H3. The Bertz CT molecular complexity index is 5710. The average Bonchev–Trinajstić information content (AvgIpc) is 1.65. The second kappa shape index (κ2) is 35.0. The van der Waals surface area contributed by atoms with Crippen molar-refractivity contribution >= 4 is 86.6 Å². The molecule has 18 rings (SSSR count). The molecule has 18 nitrogen and oxygen atoms in total. The minimum absolute atomic E-state index is 0.00378. The smallest absolute Gasteiger partial charge is 0.408 e. The number of hydrogen-bond acceptors (Lipinski definition) is 13. The zero-order chi connectivity index (χ0) is 81.6. The van der Waals surface area contributed by atoms with Gasteiger partial charge < -0.3 is 48.7 Å². The highest BCUT2D eigenvalue weighted by Gasteiger charge is 2.43. The number of aromatic amines is 1. The molecule has 0 fully saturated rings. The molecule has 6 heterocycles. The SMILES string of the molecule is CC(C)(C)OC(=O)NCC(=O)N1CCC2=C(Cc3ccccc32)C1c1ccncc1.COC(=O)C1Cc2c([nH]c3ccccc23)C(c2ccc(OC)cc2)N1.COC(=O)c1ccc(C2C3=C(CCN2C(=O)c2cccc(Cl)c2)c2ccccc2C3)cc1.COc1ccccc1C1C2=C(CCN1C(=O)c1cccc(Cl)c1)c1ccccc1C2. The van der Waals surface area contributed by atoms with E-state index in [4.69, 9.17) is 46.9 Å². The van der Waals surface area contributed by atoms with Crippen LogP contribution in [0.25, 0.3) is 27.6 Å². The monoisotopic (exact) mass is 1600 g/mol. The van der Waals surface area contributed by atoms with Gasteiger partial charge in [0.15, 0.2) is 0 Å².